The first kappa shape index (κ1) is 64.0. The lowest BCUT2D eigenvalue weighted by molar-refractivity contribution is -0.0962. The van der Waals surface area contributed by atoms with Crippen molar-refractivity contribution in [3.63, 3.8) is 0 Å². The molecular formula is C70H130O5. The van der Waals surface area contributed by atoms with Gasteiger partial charge < -0.3 is 23.7 Å². The molecule has 10 fully saturated rings. The summed E-state index contributed by atoms with van der Waals surface area (Å²) in [6.07, 6.45) is 32.9. The Morgan fingerprint density at radius 3 is 1.29 bits per heavy atom. The van der Waals surface area contributed by atoms with Crippen LogP contribution in [0.4, 0.5) is 0 Å². The van der Waals surface area contributed by atoms with Gasteiger partial charge in [0.25, 0.3) is 0 Å². The number of hydrogen-bond acceptors (Lipinski definition) is 5. The average molecular weight is 1050 g/mol. The Bertz CT molecular complexity index is 1570. The van der Waals surface area contributed by atoms with Gasteiger partial charge in [-0.25, -0.2) is 0 Å². The van der Waals surface area contributed by atoms with E-state index in [2.05, 4.69) is 138 Å². The molecule has 5 nitrogen and oxygen atoms in total. The van der Waals surface area contributed by atoms with Gasteiger partial charge in [0, 0.05) is 24.0 Å². The second kappa shape index (κ2) is 25.1. The first-order valence-electron chi connectivity index (χ1n) is 32.9. The van der Waals surface area contributed by atoms with Gasteiger partial charge in [-0.2, -0.15) is 0 Å². The van der Waals surface area contributed by atoms with E-state index in [1.807, 2.05) is 0 Å². The largest absolute Gasteiger partial charge is 0.380 e. The fourth-order valence-electron chi connectivity index (χ4n) is 18.1. The quantitative estimate of drug-likeness (QED) is 0.275. The molecule has 5 aliphatic heterocycles. The summed E-state index contributed by atoms with van der Waals surface area (Å²) < 4.78 is 30.1. The minimum atomic E-state index is 0.126. The van der Waals surface area contributed by atoms with Crippen LogP contribution in [0.2, 0.25) is 0 Å². The smallest absolute Gasteiger partial charge is 0.0736 e. The van der Waals surface area contributed by atoms with Crippen LogP contribution < -0.4 is 0 Å². The summed E-state index contributed by atoms with van der Waals surface area (Å²) in [4.78, 5) is 0. The molecule has 0 bridgehead atoms. The minimum absolute atomic E-state index is 0.126. The van der Waals surface area contributed by atoms with Crippen LogP contribution in [-0.4, -0.2) is 62.0 Å². The summed E-state index contributed by atoms with van der Waals surface area (Å²) in [7, 11) is 0. The first-order chi connectivity index (χ1) is 34.8. The van der Waals surface area contributed by atoms with Crippen molar-refractivity contribution in [2.75, 3.05) is 39.6 Å². The lowest BCUT2D eigenvalue weighted by atomic mass is 9.57. The lowest BCUT2D eigenvalue weighted by Gasteiger charge is -2.46. The van der Waals surface area contributed by atoms with E-state index in [0.29, 0.717) is 32.5 Å². The summed E-state index contributed by atoms with van der Waals surface area (Å²) in [6, 6.07) is 0. The molecule has 0 aromatic carbocycles. The third-order valence-electron chi connectivity index (χ3n) is 24.1. The summed E-state index contributed by atoms with van der Waals surface area (Å²) in [5.74, 6) is 8.78. The van der Waals surface area contributed by atoms with Gasteiger partial charge in [0.15, 0.2) is 0 Å². The number of ether oxygens (including phenoxy) is 5. The third kappa shape index (κ3) is 15.5. The molecule has 5 aliphatic carbocycles. The standard InChI is InChI=1S/5C14H26O/c1-11(2)12-6-5-7-14(8-12)10-15-9-13(14,3)4;1-11(2)12-6-5-7-14(8-12)9-13(3,4)15-10-14;1-11(2)12-6-5-7-14(8-12)9-13(3,4)10-15-14;1-11(2)12-6-5-7-14(10-12)8-9-15-13(14,3)4;1-11(2)12-6-5-7-14(10-12)13(3,4)8-9-15-14/h5*11-12H,5-10H2,1-4H3. The van der Waals surface area contributed by atoms with Crippen LogP contribution in [0.25, 0.3) is 0 Å². The number of hydrogen-bond donors (Lipinski definition) is 0. The zero-order chi connectivity index (χ0) is 55.5. The third-order valence-corrected chi connectivity index (χ3v) is 24.1. The van der Waals surface area contributed by atoms with E-state index < -0.39 is 0 Å². The highest BCUT2D eigenvalue weighted by molar-refractivity contribution is 5.05. The minimum Gasteiger partial charge on any atom is -0.380 e. The van der Waals surface area contributed by atoms with E-state index in [9.17, 15) is 0 Å². The Hall–Kier alpha value is -0.200. The molecule has 0 amide bonds. The Balaban J connectivity index is 0.000000152. The molecule has 5 saturated carbocycles. The van der Waals surface area contributed by atoms with Crippen LogP contribution in [0, 0.1) is 91.7 Å². The maximum atomic E-state index is 6.18. The van der Waals surface area contributed by atoms with E-state index in [1.165, 1.54) is 154 Å². The maximum Gasteiger partial charge on any atom is 0.0736 e. The SMILES string of the molecule is CC(C)C1CCCC2(C1)CC(C)(C)CO2.CC(C)C1CCCC2(C1)OCCC2(C)C.CC(C)C1CCCC2(CCOC2(C)C)C1.CC(C)C1CCCC2(COC(C)(C)C2)C1.CC(C)C1CCCC2(COCC2(C)C)C1. The van der Waals surface area contributed by atoms with Crippen LogP contribution in [0.15, 0.2) is 0 Å². The molecule has 10 rings (SSSR count). The van der Waals surface area contributed by atoms with Crippen LogP contribution in [0.1, 0.15) is 293 Å². The number of rotatable bonds is 5. The highest BCUT2D eigenvalue weighted by atomic mass is 16.5. The molecule has 0 aromatic rings. The summed E-state index contributed by atoms with van der Waals surface area (Å²) in [6.45, 7) is 53.1. The van der Waals surface area contributed by atoms with Gasteiger partial charge in [-0.15, -0.1) is 0 Å². The van der Waals surface area contributed by atoms with Crippen molar-refractivity contribution >= 4 is 0 Å². The Morgan fingerprint density at radius 2 is 0.840 bits per heavy atom. The monoisotopic (exact) mass is 1050 g/mol. The lowest BCUT2D eigenvalue weighted by Crippen LogP contribution is -2.46. The van der Waals surface area contributed by atoms with Crippen molar-refractivity contribution in [3.8, 4) is 0 Å². The molecule has 0 N–H and O–H groups in total. The van der Waals surface area contributed by atoms with Crippen LogP contribution >= 0.6 is 0 Å². The molecule has 5 saturated heterocycles. The van der Waals surface area contributed by atoms with Gasteiger partial charge in [0.05, 0.1) is 48.8 Å². The van der Waals surface area contributed by atoms with Crippen molar-refractivity contribution in [2.45, 2.75) is 315 Å². The summed E-state index contributed by atoms with van der Waals surface area (Å²) in [5.41, 5.74) is 3.51. The van der Waals surface area contributed by atoms with Gasteiger partial charge >= 0.3 is 0 Å². The fraction of sp³-hybridized carbons (Fsp3) is 1.00. The predicted octanol–water partition coefficient (Wildman–Crippen LogP) is 19.9. The highest BCUT2D eigenvalue weighted by Crippen LogP contribution is 2.58. The Kier molecular flexibility index (Phi) is 21.4. The molecule has 5 heterocycles. The van der Waals surface area contributed by atoms with E-state index in [4.69, 9.17) is 23.7 Å². The molecule has 440 valence electrons. The van der Waals surface area contributed by atoms with Crippen molar-refractivity contribution in [1.82, 2.24) is 0 Å². The molecule has 5 heteroatoms. The van der Waals surface area contributed by atoms with Crippen LogP contribution in [0.3, 0.4) is 0 Å². The second-order valence-electron chi connectivity index (χ2n) is 33.6. The van der Waals surface area contributed by atoms with Crippen molar-refractivity contribution in [2.24, 2.45) is 91.7 Å². The van der Waals surface area contributed by atoms with E-state index in [1.54, 1.807) is 0 Å². The Labute approximate surface area is 467 Å². The van der Waals surface area contributed by atoms with Crippen LogP contribution in [0.5, 0.6) is 0 Å². The van der Waals surface area contributed by atoms with Gasteiger partial charge in [-0.1, -0.05) is 162 Å². The Morgan fingerprint density at radius 1 is 0.360 bits per heavy atom. The molecule has 75 heavy (non-hydrogen) atoms. The van der Waals surface area contributed by atoms with Crippen LogP contribution in [-0.2, 0) is 23.7 Å². The van der Waals surface area contributed by atoms with E-state index in [-0.39, 0.29) is 22.4 Å². The van der Waals surface area contributed by atoms with Gasteiger partial charge in [-0.3, -0.25) is 0 Å². The normalized spacial score (nSPS) is 40.2. The van der Waals surface area contributed by atoms with Gasteiger partial charge in [-0.05, 0) is 211 Å². The molecule has 10 aliphatic rings. The van der Waals surface area contributed by atoms with Crippen molar-refractivity contribution in [1.29, 1.82) is 0 Å². The maximum absolute atomic E-state index is 6.18. The molecule has 0 aromatic heterocycles. The predicted molar refractivity (Wildman–Crippen MR) is 319 cm³/mol. The molecule has 5 spiro atoms. The molecule has 10 atom stereocenters. The van der Waals surface area contributed by atoms with E-state index >= 15 is 0 Å². The summed E-state index contributed by atoms with van der Waals surface area (Å²) in [5, 5.41) is 0. The fourth-order valence-corrected chi connectivity index (χ4v) is 18.1. The van der Waals surface area contributed by atoms with Crippen molar-refractivity contribution < 1.29 is 23.7 Å². The second-order valence-corrected chi connectivity index (χ2v) is 33.6. The van der Waals surface area contributed by atoms with Gasteiger partial charge in [0.1, 0.15) is 0 Å². The van der Waals surface area contributed by atoms with E-state index in [0.717, 1.165) is 98.8 Å². The zero-order valence-electron chi connectivity index (χ0n) is 54.0. The zero-order valence-corrected chi connectivity index (χ0v) is 54.0. The van der Waals surface area contributed by atoms with Gasteiger partial charge in [0.2, 0.25) is 0 Å². The molecule has 0 radical (unpaired) electrons. The summed E-state index contributed by atoms with van der Waals surface area (Å²) >= 11 is 0. The highest BCUT2D eigenvalue weighted by Gasteiger charge is 2.55. The molecular weight excluding hydrogens is 921 g/mol. The van der Waals surface area contributed by atoms with Crippen molar-refractivity contribution in [3.05, 3.63) is 0 Å². The first-order valence-corrected chi connectivity index (χ1v) is 32.9. The average Bonchev–Trinajstić information content (AvgIpc) is 4.06. The topological polar surface area (TPSA) is 46.2 Å². The molecule has 10 unspecified atom stereocenters.